The summed E-state index contributed by atoms with van der Waals surface area (Å²) in [5, 5.41) is 0. The molecule has 0 bridgehead atoms. The predicted molar refractivity (Wildman–Crippen MR) is 26.6 cm³/mol. The molecule has 0 amide bonds. The van der Waals surface area contributed by atoms with E-state index in [9.17, 15) is 0 Å². The van der Waals surface area contributed by atoms with Crippen LogP contribution in [0.4, 0.5) is 0 Å². The minimum Gasteiger partial charge on any atom is -1.00 e. The molecule has 0 saturated heterocycles. The van der Waals surface area contributed by atoms with Crippen molar-refractivity contribution in [1.29, 1.82) is 0 Å². The molecule has 0 unspecified atom stereocenters. The number of hydrogen-bond acceptors (Lipinski definition) is 2. The molecular weight excluding hydrogens is 208 g/mol. The first-order chi connectivity index (χ1) is 2.00. The second-order valence-electron chi connectivity index (χ2n) is 0.448. The van der Waals surface area contributed by atoms with Crippen molar-refractivity contribution in [3.63, 3.8) is 0 Å². The van der Waals surface area contributed by atoms with Gasteiger partial charge in [0.2, 0.25) is 0 Å². The van der Waals surface area contributed by atoms with E-state index in [-0.39, 0.29) is 70.4 Å². The van der Waals surface area contributed by atoms with Crippen LogP contribution in [0.15, 0.2) is 0 Å². The molecule has 0 atom stereocenters. The van der Waals surface area contributed by atoms with Crippen molar-refractivity contribution in [3.8, 4) is 0 Å². The Kier molecular flexibility index (Phi) is 14.1. The average Bonchev–Trinajstić information content (AvgIpc) is 0.722. The molecule has 0 aliphatic rings. The minimum absolute atomic E-state index is 0. The molecule has 0 saturated carbocycles. The third kappa shape index (κ3) is 70.1. The van der Waals surface area contributed by atoms with Crippen LogP contribution in [0.1, 0.15) is 1.43 Å². The van der Waals surface area contributed by atoms with E-state index >= 15 is 0 Å². The summed E-state index contributed by atoms with van der Waals surface area (Å²) in [4.78, 5) is 0. The van der Waals surface area contributed by atoms with Gasteiger partial charge in [-0.3, -0.25) is 9.11 Å². The van der Waals surface area contributed by atoms with Gasteiger partial charge in [0.15, 0.2) is 0 Å². The second-order valence-corrected chi connectivity index (χ2v) is 1.34. The van der Waals surface area contributed by atoms with Crippen LogP contribution in [0.2, 0.25) is 0 Å². The summed E-state index contributed by atoms with van der Waals surface area (Å²) in [7, 11) is -4.67. The van der Waals surface area contributed by atoms with Gasteiger partial charge in [-0.2, -0.15) is 8.42 Å². The molecule has 0 aliphatic carbocycles. The molecule has 0 fully saturated rings. The van der Waals surface area contributed by atoms with Gasteiger partial charge in [-0.05, 0) is 0 Å². The van der Waals surface area contributed by atoms with Crippen molar-refractivity contribution in [2.75, 3.05) is 0 Å². The molecule has 0 radical (unpaired) electrons. The summed E-state index contributed by atoms with van der Waals surface area (Å²) in [5.74, 6) is 0. The third-order valence-electron chi connectivity index (χ3n) is 0. The molecule has 0 rings (SSSR count). The maximum atomic E-state index is 8.74. The van der Waals surface area contributed by atoms with Crippen molar-refractivity contribution >= 4 is 28.0 Å². The number of rotatable bonds is 0. The Morgan fingerprint density at radius 3 is 1.29 bits per heavy atom. The average molecular weight is 215 g/mol. The van der Waals surface area contributed by atoms with E-state index < -0.39 is 10.4 Å². The summed E-state index contributed by atoms with van der Waals surface area (Å²) < 4.78 is 31.6. The van der Waals surface area contributed by atoms with Crippen LogP contribution in [-0.2, 0) is 10.4 Å². The van der Waals surface area contributed by atoms with Gasteiger partial charge in [-0.15, -0.1) is 0 Å². The van der Waals surface area contributed by atoms with Crippen LogP contribution in [0.25, 0.3) is 0 Å². The summed E-state index contributed by atoms with van der Waals surface area (Å²) in [6.07, 6.45) is 0. The largest absolute Gasteiger partial charge is 1.00 e. The zero-order valence-corrected chi connectivity index (χ0v) is 7.06. The van der Waals surface area contributed by atoms with Gasteiger partial charge in [0.05, 0.1) is 0 Å². The van der Waals surface area contributed by atoms with Gasteiger partial charge in [0.1, 0.15) is 0 Å². The van der Waals surface area contributed by atoms with E-state index in [2.05, 4.69) is 0 Å². The molecule has 0 spiro atoms. The quantitative estimate of drug-likeness (QED) is 0.313. The van der Waals surface area contributed by atoms with Crippen molar-refractivity contribution < 1.29 is 70.3 Å². The van der Waals surface area contributed by atoms with Crippen LogP contribution < -0.4 is 51.4 Å². The van der Waals surface area contributed by atoms with Gasteiger partial charge in [-0.25, -0.2) is 0 Å². The Bertz CT molecular complexity index is 99.2. The fourth-order valence-corrected chi connectivity index (χ4v) is 0. The Balaban J connectivity index is -0.0000000267. The number of hydrogen-bond donors (Lipinski definition) is 2. The molecule has 0 aromatic carbocycles. The molecule has 0 aromatic heterocycles. The smallest absolute Gasteiger partial charge is 1.00 e. The molecule has 2 N–H and O–H groups in total. The normalized spacial score (nSPS) is 8.29. The van der Waals surface area contributed by atoms with Crippen molar-refractivity contribution in [3.05, 3.63) is 0 Å². The van der Waals surface area contributed by atoms with Crippen molar-refractivity contribution in [2.45, 2.75) is 0 Å². The molecule has 0 aromatic rings. The van der Waals surface area contributed by atoms with Crippen molar-refractivity contribution in [2.24, 2.45) is 0 Å². The predicted octanol–water partition coefficient (Wildman–Crippen LogP) is -4.99. The van der Waals surface area contributed by atoms with E-state index in [1.165, 1.54) is 0 Å². The van der Waals surface area contributed by atoms with E-state index in [1.54, 1.807) is 0 Å². The third-order valence-corrected chi connectivity index (χ3v) is 0. The van der Waals surface area contributed by atoms with Crippen LogP contribution >= 0.6 is 0 Å². The standard InChI is InChI=1S/GeH4.K.H2O4S.H/c;;1-5(2,3)4;/h1H4;;(H2,1,2,3,4);/q;+1;;-1. The Morgan fingerprint density at radius 2 is 1.29 bits per heavy atom. The molecule has 4 nitrogen and oxygen atoms in total. The summed E-state index contributed by atoms with van der Waals surface area (Å²) in [5.41, 5.74) is 0. The fraction of sp³-hybridized carbons (Fsp3) is 0. The van der Waals surface area contributed by atoms with E-state index in [0.29, 0.717) is 0 Å². The van der Waals surface area contributed by atoms with Crippen molar-refractivity contribution in [1.82, 2.24) is 0 Å². The Morgan fingerprint density at radius 1 is 1.29 bits per heavy atom. The molecule has 42 valence electrons. The Labute approximate surface area is 96.5 Å². The maximum Gasteiger partial charge on any atom is 1.00 e. The Hall–Kier alpha value is 2.05. The first-order valence-electron chi connectivity index (χ1n) is 0.698. The maximum absolute atomic E-state index is 8.74. The first-order valence-corrected chi connectivity index (χ1v) is 2.10. The summed E-state index contributed by atoms with van der Waals surface area (Å²) >= 11 is 0. The van der Waals surface area contributed by atoms with Gasteiger partial charge >= 0.3 is 79.4 Å². The zero-order valence-electron chi connectivity index (χ0n) is 4.12. The second kappa shape index (κ2) is 6.17. The minimum atomic E-state index is -4.67. The molecule has 7 heteroatoms. The van der Waals surface area contributed by atoms with E-state index in [4.69, 9.17) is 17.5 Å². The molecule has 0 aliphatic heterocycles. The van der Waals surface area contributed by atoms with Crippen LogP contribution in [-0.4, -0.2) is 35.1 Å². The van der Waals surface area contributed by atoms with Gasteiger partial charge < -0.3 is 1.43 Å². The summed E-state index contributed by atoms with van der Waals surface area (Å²) in [6, 6.07) is 0. The SMILES string of the molecule is O=S(=O)(O)O.[GeH4].[H-].[K+]. The molecule has 0 heterocycles. The zero-order chi connectivity index (χ0) is 4.50. The van der Waals surface area contributed by atoms with Gasteiger partial charge in [0.25, 0.3) is 0 Å². The van der Waals surface area contributed by atoms with E-state index in [1.807, 2.05) is 0 Å². The first kappa shape index (κ1) is 16.0. The van der Waals surface area contributed by atoms with Crippen LogP contribution in [0, 0.1) is 0 Å². The molecular formula is H7GeKO4S. The summed E-state index contributed by atoms with van der Waals surface area (Å²) in [6.45, 7) is 0. The van der Waals surface area contributed by atoms with E-state index in [0.717, 1.165) is 0 Å². The fourth-order valence-electron chi connectivity index (χ4n) is 0. The van der Waals surface area contributed by atoms with Gasteiger partial charge in [-0.1, -0.05) is 0 Å². The van der Waals surface area contributed by atoms with Crippen LogP contribution in [0.5, 0.6) is 0 Å². The topological polar surface area (TPSA) is 74.6 Å². The molecule has 7 heavy (non-hydrogen) atoms. The van der Waals surface area contributed by atoms with Crippen LogP contribution in [0.3, 0.4) is 0 Å². The van der Waals surface area contributed by atoms with Gasteiger partial charge in [0, 0.05) is 0 Å². The monoisotopic (exact) mass is 216 g/mol.